The van der Waals surface area contributed by atoms with Gasteiger partial charge in [0, 0.05) is 17.7 Å². The third-order valence-corrected chi connectivity index (χ3v) is 7.37. The Morgan fingerprint density at radius 3 is 1.80 bits per heavy atom. The number of hydrogen-bond donors (Lipinski definition) is 2. The zero-order valence-electron chi connectivity index (χ0n) is 21.2. The van der Waals surface area contributed by atoms with Gasteiger partial charge in [-0.3, -0.25) is 0 Å². The van der Waals surface area contributed by atoms with Crippen LogP contribution in [0.15, 0.2) is 12.2 Å². The fourth-order valence-electron chi connectivity index (χ4n) is 5.21. The van der Waals surface area contributed by atoms with E-state index >= 15 is 0 Å². The van der Waals surface area contributed by atoms with E-state index in [0.29, 0.717) is 24.0 Å². The second kappa shape index (κ2) is 13.7. The van der Waals surface area contributed by atoms with E-state index in [-0.39, 0.29) is 43.6 Å². The van der Waals surface area contributed by atoms with Crippen molar-refractivity contribution < 1.29 is 33.3 Å². The molecule has 2 atom stereocenters. The van der Waals surface area contributed by atoms with Gasteiger partial charge in [-0.15, -0.1) is 0 Å². The minimum absolute atomic E-state index is 0.0274. The van der Waals surface area contributed by atoms with E-state index in [0.717, 1.165) is 57.8 Å². The first-order valence-electron chi connectivity index (χ1n) is 13.2. The maximum Gasteiger partial charge on any atom is 0.407 e. The molecule has 2 N–H and O–H groups in total. The second-order valence-electron chi connectivity index (χ2n) is 10.2. The fraction of sp³-hybridized carbons (Fsp3) is 0.808. The minimum Gasteiger partial charge on any atom is -0.459 e. The van der Waals surface area contributed by atoms with Crippen molar-refractivity contribution in [3.8, 4) is 0 Å². The summed E-state index contributed by atoms with van der Waals surface area (Å²) in [4.78, 5) is 35.3. The molecule has 2 unspecified atom stereocenters. The normalized spacial score (nSPS) is 30.0. The molecule has 0 aromatic heterocycles. The summed E-state index contributed by atoms with van der Waals surface area (Å²) >= 11 is 0. The van der Waals surface area contributed by atoms with E-state index in [4.69, 9.17) is 18.9 Å². The number of carbonyl (C=O) groups is 3. The summed E-state index contributed by atoms with van der Waals surface area (Å²) in [7, 11) is 0. The molecule has 0 bridgehead atoms. The summed E-state index contributed by atoms with van der Waals surface area (Å²) in [5.74, 6) is 0.912. The van der Waals surface area contributed by atoms with Gasteiger partial charge in [0.25, 0.3) is 0 Å². The molecular weight excluding hydrogens is 452 g/mol. The van der Waals surface area contributed by atoms with Crippen LogP contribution in [-0.2, 0) is 23.7 Å². The van der Waals surface area contributed by atoms with Crippen LogP contribution < -0.4 is 10.6 Å². The maximum atomic E-state index is 12.0. The van der Waals surface area contributed by atoms with Crippen LogP contribution in [-0.4, -0.2) is 62.3 Å². The third-order valence-electron chi connectivity index (χ3n) is 7.37. The van der Waals surface area contributed by atoms with Crippen molar-refractivity contribution in [1.29, 1.82) is 0 Å². The SMILES string of the molecule is C=C(C)C(=O)OCCOC(=O)NC1CCC(CC2CCC(NC(=O)OCC3OC3CC)CC2)CC1. The van der Waals surface area contributed by atoms with Crippen molar-refractivity contribution in [2.45, 2.75) is 102 Å². The van der Waals surface area contributed by atoms with Gasteiger partial charge in [-0.2, -0.15) is 0 Å². The van der Waals surface area contributed by atoms with E-state index in [1.807, 2.05) is 0 Å². The fourth-order valence-corrected chi connectivity index (χ4v) is 5.21. The molecule has 2 aliphatic carbocycles. The lowest BCUT2D eigenvalue weighted by molar-refractivity contribution is -0.139. The molecule has 3 aliphatic rings. The Balaban J connectivity index is 1.20. The van der Waals surface area contributed by atoms with E-state index in [1.54, 1.807) is 6.92 Å². The molecule has 9 heteroatoms. The van der Waals surface area contributed by atoms with Crippen LogP contribution in [0.2, 0.25) is 0 Å². The van der Waals surface area contributed by atoms with Crippen LogP contribution in [0.25, 0.3) is 0 Å². The molecule has 1 aliphatic heterocycles. The molecule has 1 saturated heterocycles. The Hall–Kier alpha value is -2.29. The quantitative estimate of drug-likeness (QED) is 0.145. The van der Waals surface area contributed by atoms with Crippen LogP contribution in [0, 0.1) is 11.8 Å². The molecule has 0 spiro atoms. The van der Waals surface area contributed by atoms with Crippen molar-refractivity contribution in [1.82, 2.24) is 10.6 Å². The van der Waals surface area contributed by atoms with Gasteiger partial charge < -0.3 is 29.6 Å². The Labute approximate surface area is 208 Å². The molecule has 2 saturated carbocycles. The van der Waals surface area contributed by atoms with Crippen molar-refractivity contribution >= 4 is 18.2 Å². The molecule has 1 heterocycles. The number of rotatable bonds is 11. The summed E-state index contributed by atoms with van der Waals surface area (Å²) in [6.45, 7) is 7.55. The number of carbonyl (C=O) groups excluding carboxylic acids is 3. The monoisotopic (exact) mass is 494 g/mol. The predicted molar refractivity (Wildman–Crippen MR) is 130 cm³/mol. The van der Waals surface area contributed by atoms with Crippen molar-refractivity contribution in [3.63, 3.8) is 0 Å². The summed E-state index contributed by atoms with van der Waals surface area (Å²) in [6, 6.07) is 0.340. The molecule has 2 amide bonds. The van der Waals surface area contributed by atoms with Gasteiger partial charge in [-0.05, 0) is 83.0 Å². The van der Waals surface area contributed by atoms with E-state index < -0.39 is 12.1 Å². The first-order valence-corrected chi connectivity index (χ1v) is 13.2. The Bertz CT molecular complexity index is 727. The van der Waals surface area contributed by atoms with Gasteiger partial charge in [0.15, 0.2) is 0 Å². The molecule has 3 rings (SSSR count). The Morgan fingerprint density at radius 1 is 0.800 bits per heavy atom. The van der Waals surface area contributed by atoms with Gasteiger partial charge in [0.05, 0.1) is 6.10 Å². The number of alkyl carbamates (subject to hydrolysis) is 2. The van der Waals surface area contributed by atoms with Crippen molar-refractivity contribution in [3.05, 3.63) is 12.2 Å². The van der Waals surface area contributed by atoms with Crippen molar-refractivity contribution in [2.75, 3.05) is 19.8 Å². The topological polar surface area (TPSA) is 115 Å². The number of hydrogen-bond acceptors (Lipinski definition) is 7. The Morgan fingerprint density at radius 2 is 1.31 bits per heavy atom. The Kier molecular flexibility index (Phi) is 10.7. The highest BCUT2D eigenvalue weighted by Gasteiger charge is 2.38. The van der Waals surface area contributed by atoms with Crippen LogP contribution in [0.5, 0.6) is 0 Å². The summed E-state index contributed by atoms with van der Waals surface area (Å²) in [6.07, 6.45) is 10.1. The lowest BCUT2D eigenvalue weighted by atomic mass is 9.76. The van der Waals surface area contributed by atoms with Crippen LogP contribution in [0.4, 0.5) is 9.59 Å². The van der Waals surface area contributed by atoms with Gasteiger partial charge in [-0.1, -0.05) is 13.5 Å². The first-order chi connectivity index (χ1) is 16.8. The zero-order valence-corrected chi connectivity index (χ0v) is 21.2. The average Bonchev–Trinajstić information content (AvgIpc) is 3.61. The first kappa shape index (κ1) is 27.3. The predicted octanol–water partition coefficient (Wildman–Crippen LogP) is 4.24. The molecule has 0 radical (unpaired) electrons. The molecule has 35 heavy (non-hydrogen) atoms. The highest BCUT2D eigenvalue weighted by Crippen LogP contribution is 2.35. The minimum atomic E-state index is -0.482. The van der Waals surface area contributed by atoms with Crippen molar-refractivity contribution in [2.24, 2.45) is 11.8 Å². The van der Waals surface area contributed by atoms with Gasteiger partial charge in [-0.25, -0.2) is 14.4 Å². The standard InChI is InChI=1S/C26H42N2O7/c1-4-22-23(35-22)16-34-26(31)28-21-11-7-19(8-12-21)15-18-5-9-20(10-6-18)27-25(30)33-14-13-32-24(29)17(2)3/h18-23H,2,4-16H2,1,3H3,(H,27,30)(H,28,31). The van der Waals surface area contributed by atoms with E-state index in [2.05, 4.69) is 24.1 Å². The zero-order chi connectivity index (χ0) is 25.2. The highest BCUT2D eigenvalue weighted by molar-refractivity contribution is 5.86. The largest absolute Gasteiger partial charge is 0.459 e. The highest BCUT2D eigenvalue weighted by atomic mass is 16.6. The lowest BCUT2D eigenvalue weighted by Gasteiger charge is -2.34. The summed E-state index contributed by atoms with van der Waals surface area (Å²) < 4.78 is 20.7. The van der Waals surface area contributed by atoms with E-state index in [1.165, 1.54) is 6.42 Å². The maximum absolute atomic E-state index is 12.0. The number of ether oxygens (including phenoxy) is 4. The lowest BCUT2D eigenvalue weighted by Crippen LogP contribution is -2.39. The number of amides is 2. The summed E-state index contributed by atoms with van der Waals surface area (Å²) in [5.41, 5.74) is 0.320. The van der Waals surface area contributed by atoms with Crippen LogP contribution >= 0.6 is 0 Å². The number of epoxide rings is 1. The summed E-state index contributed by atoms with van der Waals surface area (Å²) in [5, 5.41) is 5.94. The second-order valence-corrected chi connectivity index (χ2v) is 10.2. The average molecular weight is 495 g/mol. The molecule has 0 aromatic rings. The smallest absolute Gasteiger partial charge is 0.407 e. The molecular formula is C26H42N2O7. The van der Waals surface area contributed by atoms with Crippen LogP contribution in [0.3, 0.4) is 0 Å². The van der Waals surface area contributed by atoms with E-state index in [9.17, 15) is 14.4 Å². The van der Waals surface area contributed by atoms with Gasteiger partial charge in [0.1, 0.15) is 25.9 Å². The van der Waals surface area contributed by atoms with Gasteiger partial charge in [0.2, 0.25) is 0 Å². The number of nitrogens with one attached hydrogen (secondary N) is 2. The van der Waals surface area contributed by atoms with Crippen LogP contribution in [0.1, 0.15) is 78.1 Å². The van der Waals surface area contributed by atoms with Gasteiger partial charge >= 0.3 is 18.2 Å². The molecule has 198 valence electrons. The third kappa shape index (κ3) is 9.70. The molecule has 0 aromatic carbocycles. The molecule has 9 nitrogen and oxygen atoms in total. The molecule has 3 fully saturated rings. The number of esters is 1.